The lowest BCUT2D eigenvalue weighted by Gasteiger charge is -1.67. The highest BCUT2D eigenvalue weighted by Gasteiger charge is 1.60. The van der Waals surface area contributed by atoms with E-state index in [1.54, 1.807) is 6.08 Å². The molecule has 50 valence electrons. The Hall–Kier alpha value is -1.40. The van der Waals surface area contributed by atoms with Crippen molar-refractivity contribution in [1.29, 1.82) is 0 Å². The standard InChI is InChI=1S/C10H10/c1-3-5-7-9-10-8-6-4-2/h1,4,6,8,10H,5H2,2H3. The molecule has 0 N–H and O–H groups in total. The Morgan fingerprint density at radius 3 is 2.80 bits per heavy atom. The number of allylic oxidation sites excluding steroid dienone is 4. The first kappa shape index (κ1) is 8.60. The fourth-order valence-electron chi connectivity index (χ4n) is 0.376. The van der Waals surface area contributed by atoms with Gasteiger partial charge in [-0.2, -0.15) is 0 Å². The summed E-state index contributed by atoms with van der Waals surface area (Å²) in [7, 11) is 0. The first-order chi connectivity index (χ1) is 4.91. The van der Waals surface area contributed by atoms with Crippen LogP contribution in [0.15, 0.2) is 24.3 Å². The van der Waals surface area contributed by atoms with Crippen molar-refractivity contribution in [3.05, 3.63) is 24.3 Å². The zero-order chi connectivity index (χ0) is 7.66. The molecule has 0 aromatic carbocycles. The van der Waals surface area contributed by atoms with Crippen molar-refractivity contribution < 1.29 is 0 Å². The molecule has 0 saturated heterocycles. The minimum Gasteiger partial charge on any atom is -0.119 e. The lowest BCUT2D eigenvalue weighted by Crippen LogP contribution is -1.55. The smallest absolute Gasteiger partial charge is 0.0703 e. The van der Waals surface area contributed by atoms with Gasteiger partial charge in [-0.3, -0.25) is 0 Å². The topological polar surface area (TPSA) is 0 Å². The third kappa shape index (κ3) is 6.60. The van der Waals surface area contributed by atoms with Gasteiger partial charge in [-0.25, -0.2) is 0 Å². The second-order valence-electron chi connectivity index (χ2n) is 1.59. The van der Waals surface area contributed by atoms with Gasteiger partial charge in [0.1, 0.15) is 0 Å². The molecule has 0 spiro atoms. The molecular formula is C10H10. The summed E-state index contributed by atoms with van der Waals surface area (Å²) in [5, 5.41) is 0. The Bertz CT molecular complexity index is 213. The Kier molecular flexibility index (Phi) is 6.54. The van der Waals surface area contributed by atoms with Crippen LogP contribution in [0.3, 0.4) is 0 Å². The summed E-state index contributed by atoms with van der Waals surface area (Å²) in [6.45, 7) is 1.96. The van der Waals surface area contributed by atoms with Gasteiger partial charge in [0.15, 0.2) is 0 Å². The molecule has 0 aliphatic heterocycles. The zero-order valence-corrected chi connectivity index (χ0v) is 6.09. The molecule has 0 heteroatoms. The third-order valence-corrected chi connectivity index (χ3v) is 0.776. The summed E-state index contributed by atoms with van der Waals surface area (Å²) in [5.74, 6) is 8.02. The number of hydrogen-bond acceptors (Lipinski definition) is 0. The molecule has 0 aromatic heterocycles. The number of rotatable bonds is 1. The average Bonchev–Trinajstić information content (AvgIpc) is 1.97. The number of terminal acetylenes is 1. The number of hydrogen-bond donors (Lipinski definition) is 0. The minimum absolute atomic E-state index is 0.528. The van der Waals surface area contributed by atoms with E-state index in [1.807, 2.05) is 25.2 Å². The van der Waals surface area contributed by atoms with Gasteiger partial charge in [-0.1, -0.05) is 36.0 Å². The highest BCUT2D eigenvalue weighted by molar-refractivity contribution is 5.21. The second-order valence-corrected chi connectivity index (χ2v) is 1.59. The largest absolute Gasteiger partial charge is 0.119 e. The van der Waals surface area contributed by atoms with E-state index in [0.29, 0.717) is 6.42 Å². The van der Waals surface area contributed by atoms with Crippen molar-refractivity contribution >= 4 is 0 Å². The molecule has 0 saturated carbocycles. The maximum Gasteiger partial charge on any atom is 0.0703 e. The van der Waals surface area contributed by atoms with Crippen LogP contribution in [-0.4, -0.2) is 0 Å². The van der Waals surface area contributed by atoms with Crippen LogP contribution in [0, 0.1) is 24.2 Å². The van der Waals surface area contributed by atoms with Gasteiger partial charge < -0.3 is 0 Å². The van der Waals surface area contributed by atoms with E-state index in [0.717, 1.165) is 0 Å². The van der Waals surface area contributed by atoms with Crippen LogP contribution in [0.25, 0.3) is 0 Å². The molecule has 0 fully saturated rings. The lowest BCUT2D eigenvalue weighted by atomic mass is 10.4. The predicted octanol–water partition coefficient (Wildman–Crippen LogP) is 2.15. The molecule has 0 aromatic rings. The van der Waals surface area contributed by atoms with Gasteiger partial charge in [-0.15, -0.1) is 6.42 Å². The van der Waals surface area contributed by atoms with Crippen molar-refractivity contribution in [1.82, 2.24) is 0 Å². The van der Waals surface area contributed by atoms with Crippen LogP contribution >= 0.6 is 0 Å². The first-order valence-corrected chi connectivity index (χ1v) is 3.11. The molecule has 10 heavy (non-hydrogen) atoms. The Morgan fingerprint density at radius 1 is 1.40 bits per heavy atom. The molecule has 0 radical (unpaired) electrons. The van der Waals surface area contributed by atoms with Crippen LogP contribution in [-0.2, 0) is 0 Å². The van der Waals surface area contributed by atoms with E-state index in [-0.39, 0.29) is 0 Å². The quantitative estimate of drug-likeness (QED) is 0.377. The van der Waals surface area contributed by atoms with E-state index in [4.69, 9.17) is 6.42 Å². The zero-order valence-electron chi connectivity index (χ0n) is 6.09. The highest BCUT2D eigenvalue weighted by atomic mass is 13.6. The Balaban J connectivity index is 3.56. The molecule has 0 atom stereocenters. The van der Waals surface area contributed by atoms with Crippen molar-refractivity contribution in [3.63, 3.8) is 0 Å². The average molecular weight is 130 g/mol. The SMILES string of the molecule is C#CCC#CC=CC=CC. The van der Waals surface area contributed by atoms with Crippen LogP contribution < -0.4 is 0 Å². The molecule has 0 unspecified atom stereocenters. The van der Waals surface area contributed by atoms with E-state index in [1.165, 1.54) is 0 Å². The van der Waals surface area contributed by atoms with Gasteiger partial charge in [0.05, 0.1) is 6.42 Å². The van der Waals surface area contributed by atoms with E-state index in [9.17, 15) is 0 Å². The van der Waals surface area contributed by atoms with Crippen LogP contribution in [0.4, 0.5) is 0 Å². The van der Waals surface area contributed by atoms with E-state index >= 15 is 0 Å². The van der Waals surface area contributed by atoms with Gasteiger partial charge in [0.2, 0.25) is 0 Å². The van der Waals surface area contributed by atoms with Crippen molar-refractivity contribution in [2.75, 3.05) is 0 Å². The molecule has 0 bridgehead atoms. The third-order valence-electron chi connectivity index (χ3n) is 0.776. The molecule has 0 nitrogen and oxygen atoms in total. The van der Waals surface area contributed by atoms with Crippen LogP contribution in [0.2, 0.25) is 0 Å². The second kappa shape index (κ2) is 7.60. The van der Waals surface area contributed by atoms with Gasteiger partial charge in [0.25, 0.3) is 0 Å². The molecular weight excluding hydrogens is 120 g/mol. The van der Waals surface area contributed by atoms with Gasteiger partial charge in [-0.05, 0) is 13.0 Å². The molecule has 0 aliphatic carbocycles. The Labute approximate surface area is 62.6 Å². The summed E-state index contributed by atoms with van der Waals surface area (Å²) in [6, 6.07) is 0. The predicted molar refractivity (Wildman–Crippen MR) is 45.2 cm³/mol. The van der Waals surface area contributed by atoms with Gasteiger partial charge >= 0.3 is 0 Å². The summed E-state index contributed by atoms with van der Waals surface area (Å²) in [6.07, 6.45) is 13.0. The molecule has 0 amide bonds. The minimum atomic E-state index is 0.528. The highest BCUT2D eigenvalue weighted by Crippen LogP contribution is 1.74. The van der Waals surface area contributed by atoms with E-state index < -0.39 is 0 Å². The summed E-state index contributed by atoms with van der Waals surface area (Å²) >= 11 is 0. The summed E-state index contributed by atoms with van der Waals surface area (Å²) < 4.78 is 0. The van der Waals surface area contributed by atoms with Crippen molar-refractivity contribution in [2.24, 2.45) is 0 Å². The maximum atomic E-state index is 4.98. The fourth-order valence-corrected chi connectivity index (χ4v) is 0.376. The van der Waals surface area contributed by atoms with Crippen LogP contribution in [0.1, 0.15) is 13.3 Å². The maximum absolute atomic E-state index is 4.98. The fraction of sp³-hybridized carbons (Fsp3) is 0.200. The first-order valence-electron chi connectivity index (χ1n) is 3.11. The Morgan fingerprint density at radius 2 is 2.20 bits per heavy atom. The summed E-state index contributed by atoms with van der Waals surface area (Å²) in [5.41, 5.74) is 0. The lowest BCUT2D eigenvalue weighted by molar-refractivity contribution is 1.57. The normalized spacial score (nSPS) is 9.20. The molecule has 0 heterocycles. The molecule has 0 aliphatic rings. The van der Waals surface area contributed by atoms with E-state index in [2.05, 4.69) is 17.8 Å². The van der Waals surface area contributed by atoms with Crippen molar-refractivity contribution in [2.45, 2.75) is 13.3 Å². The monoisotopic (exact) mass is 130 g/mol. The van der Waals surface area contributed by atoms with Crippen molar-refractivity contribution in [3.8, 4) is 24.2 Å². The van der Waals surface area contributed by atoms with Crippen LogP contribution in [0.5, 0.6) is 0 Å². The summed E-state index contributed by atoms with van der Waals surface area (Å²) in [4.78, 5) is 0. The molecule has 0 rings (SSSR count). The van der Waals surface area contributed by atoms with Gasteiger partial charge in [0, 0.05) is 0 Å².